The van der Waals surface area contributed by atoms with Crippen molar-refractivity contribution in [1.82, 2.24) is 10.6 Å². The molecule has 0 bridgehead atoms. The quantitative estimate of drug-likeness (QED) is 0.755. The summed E-state index contributed by atoms with van der Waals surface area (Å²) in [4.78, 5) is 24.2. The third-order valence-electron chi connectivity index (χ3n) is 4.95. The number of hydrogen-bond acceptors (Lipinski definition) is 5. The highest BCUT2D eigenvalue weighted by Crippen LogP contribution is 2.35. The van der Waals surface area contributed by atoms with Gasteiger partial charge in [0.25, 0.3) is 0 Å². The monoisotopic (exact) mass is 372 g/mol. The summed E-state index contributed by atoms with van der Waals surface area (Å²) in [6.07, 6.45) is 3.06. The van der Waals surface area contributed by atoms with Crippen LogP contribution in [0.5, 0.6) is 5.75 Å². The van der Waals surface area contributed by atoms with Gasteiger partial charge in [-0.1, -0.05) is 12.1 Å². The maximum Gasteiger partial charge on any atom is 0.309 e. The molecule has 1 saturated heterocycles. The number of carbonyl (C=O) groups excluding carboxylic acids is 2. The smallest absolute Gasteiger partial charge is 0.309 e. The van der Waals surface area contributed by atoms with Crippen molar-refractivity contribution in [3.8, 4) is 5.75 Å². The van der Waals surface area contributed by atoms with Crippen LogP contribution in [0.15, 0.2) is 47.1 Å². The molecular formula is C20H24N2O5. The van der Waals surface area contributed by atoms with E-state index in [1.54, 1.807) is 19.2 Å². The summed E-state index contributed by atoms with van der Waals surface area (Å²) >= 11 is 0. The van der Waals surface area contributed by atoms with Crippen molar-refractivity contribution >= 4 is 11.8 Å². The third kappa shape index (κ3) is 4.68. The average Bonchev–Trinajstić information content (AvgIpc) is 3.24. The molecule has 7 heteroatoms. The number of methoxy groups -OCH3 is 1. The van der Waals surface area contributed by atoms with Gasteiger partial charge in [0.2, 0.25) is 0 Å². The first kappa shape index (κ1) is 19.0. The summed E-state index contributed by atoms with van der Waals surface area (Å²) in [7, 11) is 1.63. The molecule has 0 radical (unpaired) electrons. The molecule has 1 aromatic carbocycles. The summed E-state index contributed by atoms with van der Waals surface area (Å²) in [5.41, 5.74) is 0.837. The topological polar surface area (TPSA) is 89.8 Å². The fraction of sp³-hybridized carbons (Fsp3) is 0.400. The van der Waals surface area contributed by atoms with Gasteiger partial charge in [-0.25, -0.2) is 0 Å². The van der Waals surface area contributed by atoms with Crippen molar-refractivity contribution in [3.63, 3.8) is 0 Å². The van der Waals surface area contributed by atoms with Crippen LogP contribution in [0, 0.1) is 0 Å². The lowest BCUT2D eigenvalue weighted by molar-refractivity contribution is -0.139. The average molecular weight is 372 g/mol. The summed E-state index contributed by atoms with van der Waals surface area (Å²) in [5.74, 6) is 0.0434. The molecule has 0 atom stereocenters. The second-order valence-corrected chi connectivity index (χ2v) is 6.57. The number of furan rings is 1. The minimum Gasteiger partial charge on any atom is -0.497 e. The summed E-state index contributed by atoms with van der Waals surface area (Å²) in [6.45, 7) is 1.78. The van der Waals surface area contributed by atoms with Crippen LogP contribution >= 0.6 is 0 Å². The molecule has 0 aliphatic carbocycles. The van der Waals surface area contributed by atoms with Crippen LogP contribution in [0.25, 0.3) is 0 Å². The van der Waals surface area contributed by atoms with Crippen LogP contribution in [0.4, 0.5) is 0 Å². The first-order chi connectivity index (χ1) is 13.1. The largest absolute Gasteiger partial charge is 0.497 e. The van der Waals surface area contributed by atoms with Crippen molar-refractivity contribution in [3.05, 3.63) is 54.0 Å². The van der Waals surface area contributed by atoms with E-state index in [0.29, 0.717) is 25.5 Å². The van der Waals surface area contributed by atoms with Gasteiger partial charge < -0.3 is 24.5 Å². The van der Waals surface area contributed by atoms with E-state index in [0.717, 1.165) is 24.2 Å². The van der Waals surface area contributed by atoms with Crippen LogP contribution in [-0.2, 0) is 26.3 Å². The molecule has 0 spiro atoms. The summed E-state index contributed by atoms with van der Waals surface area (Å²) in [6, 6.07) is 11.3. The number of hydrogen-bond donors (Lipinski definition) is 2. The lowest BCUT2D eigenvalue weighted by atomic mass is 9.74. The van der Waals surface area contributed by atoms with Crippen molar-refractivity contribution in [2.24, 2.45) is 0 Å². The molecule has 2 amide bonds. The molecule has 1 fully saturated rings. The standard InChI is InChI=1S/C20H24N2O5/c1-25-16-6-4-15(5-7-16)20(8-11-26-12-9-20)14-22-19(24)18(23)21-13-17-3-2-10-27-17/h2-7,10H,8-9,11-14H2,1H3,(H,21,23)(H,22,24). The predicted molar refractivity (Wildman–Crippen MR) is 98.3 cm³/mol. The molecule has 3 rings (SSSR count). The van der Waals surface area contributed by atoms with Gasteiger partial charge >= 0.3 is 11.8 Å². The highest BCUT2D eigenvalue weighted by molar-refractivity contribution is 6.35. The maximum absolute atomic E-state index is 12.2. The van der Waals surface area contributed by atoms with Gasteiger partial charge in [-0.05, 0) is 42.7 Å². The Balaban J connectivity index is 1.62. The van der Waals surface area contributed by atoms with E-state index in [2.05, 4.69) is 10.6 Å². The van der Waals surface area contributed by atoms with Crippen LogP contribution in [0.3, 0.4) is 0 Å². The molecule has 27 heavy (non-hydrogen) atoms. The molecular weight excluding hydrogens is 348 g/mol. The van der Waals surface area contributed by atoms with Gasteiger partial charge in [-0.15, -0.1) is 0 Å². The second-order valence-electron chi connectivity index (χ2n) is 6.57. The minimum absolute atomic E-state index is 0.177. The number of benzene rings is 1. The summed E-state index contributed by atoms with van der Waals surface area (Å²) < 4.78 is 15.9. The lowest BCUT2D eigenvalue weighted by Crippen LogP contribution is -2.48. The van der Waals surface area contributed by atoms with E-state index in [1.807, 2.05) is 24.3 Å². The Morgan fingerprint density at radius 3 is 2.41 bits per heavy atom. The van der Waals surface area contributed by atoms with Gasteiger partial charge in [0.15, 0.2) is 0 Å². The van der Waals surface area contributed by atoms with Gasteiger partial charge in [-0.2, -0.15) is 0 Å². The Bertz CT molecular complexity index is 749. The van der Waals surface area contributed by atoms with Crippen molar-refractivity contribution < 1.29 is 23.5 Å². The first-order valence-electron chi connectivity index (χ1n) is 8.94. The van der Waals surface area contributed by atoms with Crippen molar-refractivity contribution in [2.45, 2.75) is 24.8 Å². The number of nitrogens with one attached hydrogen (secondary N) is 2. The number of carbonyl (C=O) groups is 2. The molecule has 0 unspecified atom stereocenters. The van der Waals surface area contributed by atoms with Gasteiger partial charge in [0, 0.05) is 25.2 Å². The molecule has 2 heterocycles. The minimum atomic E-state index is -0.677. The van der Waals surface area contributed by atoms with Crippen LogP contribution in [0.2, 0.25) is 0 Å². The van der Waals surface area contributed by atoms with E-state index < -0.39 is 11.8 Å². The van der Waals surface area contributed by atoms with E-state index in [1.165, 1.54) is 6.26 Å². The van der Waals surface area contributed by atoms with Crippen LogP contribution in [0.1, 0.15) is 24.2 Å². The SMILES string of the molecule is COc1ccc(C2(CNC(=O)C(=O)NCc3ccco3)CCOCC2)cc1. The Labute approximate surface area is 158 Å². The highest BCUT2D eigenvalue weighted by Gasteiger charge is 2.35. The zero-order chi connectivity index (χ0) is 19.1. The fourth-order valence-corrected chi connectivity index (χ4v) is 3.26. The Morgan fingerprint density at radius 1 is 1.07 bits per heavy atom. The second kappa shape index (κ2) is 8.73. The lowest BCUT2D eigenvalue weighted by Gasteiger charge is -2.38. The van der Waals surface area contributed by atoms with Gasteiger partial charge in [-0.3, -0.25) is 9.59 Å². The van der Waals surface area contributed by atoms with Gasteiger partial charge in [0.1, 0.15) is 11.5 Å². The van der Waals surface area contributed by atoms with Crippen LogP contribution < -0.4 is 15.4 Å². The Morgan fingerprint density at radius 2 is 1.78 bits per heavy atom. The first-order valence-corrected chi connectivity index (χ1v) is 8.94. The number of ether oxygens (including phenoxy) is 2. The fourth-order valence-electron chi connectivity index (χ4n) is 3.26. The number of amides is 2. The molecule has 1 aliphatic rings. The molecule has 7 nitrogen and oxygen atoms in total. The number of rotatable bonds is 6. The van der Waals surface area contributed by atoms with E-state index in [9.17, 15) is 9.59 Å². The third-order valence-corrected chi connectivity index (χ3v) is 4.95. The summed E-state index contributed by atoms with van der Waals surface area (Å²) in [5, 5.41) is 5.34. The Hall–Kier alpha value is -2.80. The molecule has 2 aromatic rings. The molecule has 1 aromatic heterocycles. The normalized spacial score (nSPS) is 15.7. The van der Waals surface area contributed by atoms with E-state index in [-0.39, 0.29) is 12.0 Å². The molecule has 1 aliphatic heterocycles. The highest BCUT2D eigenvalue weighted by atomic mass is 16.5. The molecule has 144 valence electrons. The van der Waals surface area contributed by atoms with Crippen LogP contribution in [-0.4, -0.2) is 38.7 Å². The van der Waals surface area contributed by atoms with Gasteiger partial charge in [0.05, 0.1) is 19.9 Å². The molecule has 0 saturated carbocycles. The van der Waals surface area contributed by atoms with Crippen molar-refractivity contribution in [1.29, 1.82) is 0 Å². The maximum atomic E-state index is 12.2. The Kier molecular flexibility index (Phi) is 6.13. The van der Waals surface area contributed by atoms with E-state index >= 15 is 0 Å². The van der Waals surface area contributed by atoms with E-state index in [4.69, 9.17) is 13.9 Å². The zero-order valence-electron chi connectivity index (χ0n) is 15.3. The predicted octanol–water partition coefficient (Wildman–Crippen LogP) is 1.77. The molecule has 2 N–H and O–H groups in total. The van der Waals surface area contributed by atoms with Crippen molar-refractivity contribution in [2.75, 3.05) is 26.9 Å². The zero-order valence-corrected chi connectivity index (χ0v) is 15.3.